The topological polar surface area (TPSA) is 65.1 Å². The van der Waals surface area contributed by atoms with E-state index in [4.69, 9.17) is 14.2 Å². The van der Waals surface area contributed by atoms with Gasteiger partial charge in [-0.25, -0.2) is 4.79 Å². The highest BCUT2D eigenvalue weighted by atomic mass is 32.2. The summed E-state index contributed by atoms with van der Waals surface area (Å²) in [5, 5.41) is -0.265. The fourth-order valence-electron chi connectivity index (χ4n) is 1.90. The number of carbonyl (C=O) groups excluding carboxylic acids is 2. The minimum Gasteiger partial charge on any atom is -0.465 e. The average molecular weight is 319 g/mol. The van der Waals surface area contributed by atoms with E-state index in [1.54, 1.807) is 11.8 Å². The molecule has 0 bridgehead atoms. The Morgan fingerprint density at radius 3 is 2.52 bits per heavy atom. The summed E-state index contributed by atoms with van der Waals surface area (Å²) < 4.78 is 16.0. The summed E-state index contributed by atoms with van der Waals surface area (Å²) >= 11 is 1.32. The van der Waals surface area contributed by atoms with E-state index in [1.165, 1.54) is 11.8 Å². The van der Waals surface area contributed by atoms with Gasteiger partial charge in [0.2, 0.25) is 0 Å². The molecule has 0 N–H and O–H groups in total. The molecular formula is C14H25NO5S. The molecule has 0 spiro atoms. The Bertz CT molecular complexity index is 391. The van der Waals surface area contributed by atoms with Gasteiger partial charge in [-0.1, -0.05) is 0 Å². The van der Waals surface area contributed by atoms with Crippen LogP contribution in [0.15, 0.2) is 0 Å². The molecule has 1 amide bonds. The van der Waals surface area contributed by atoms with Crippen molar-refractivity contribution in [3.8, 4) is 0 Å². The molecule has 0 radical (unpaired) electrons. The van der Waals surface area contributed by atoms with E-state index in [2.05, 4.69) is 0 Å². The van der Waals surface area contributed by atoms with E-state index in [0.717, 1.165) is 0 Å². The maximum atomic E-state index is 12.4. The number of rotatable bonds is 4. The number of esters is 1. The van der Waals surface area contributed by atoms with Crippen LogP contribution in [0.5, 0.6) is 0 Å². The summed E-state index contributed by atoms with van der Waals surface area (Å²) in [6, 6.07) is 0. The zero-order valence-electron chi connectivity index (χ0n) is 13.6. The summed E-state index contributed by atoms with van der Waals surface area (Å²) in [7, 11) is 0. The number of hydrogen-bond donors (Lipinski definition) is 0. The Morgan fingerprint density at radius 2 is 2.00 bits per heavy atom. The van der Waals surface area contributed by atoms with Gasteiger partial charge in [0, 0.05) is 0 Å². The minimum atomic E-state index is -0.755. The van der Waals surface area contributed by atoms with Gasteiger partial charge >= 0.3 is 12.1 Å². The Hall–Kier alpha value is -0.950. The molecule has 0 unspecified atom stereocenters. The molecule has 0 aromatic heterocycles. The second-order valence-corrected chi connectivity index (χ2v) is 7.34. The van der Waals surface area contributed by atoms with Crippen LogP contribution in [0.4, 0.5) is 4.79 Å². The molecule has 0 saturated carbocycles. The monoisotopic (exact) mass is 319 g/mol. The number of ether oxygens (including phenoxy) is 3. The van der Waals surface area contributed by atoms with Gasteiger partial charge in [-0.05, 0) is 41.5 Å². The molecule has 1 fully saturated rings. The highest BCUT2D eigenvalue weighted by molar-refractivity contribution is 8.00. The van der Waals surface area contributed by atoms with Crippen molar-refractivity contribution >= 4 is 23.8 Å². The summed E-state index contributed by atoms with van der Waals surface area (Å²) in [5.41, 5.74) is -1.33. The molecular weight excluding hydrogens is 294 g/mol. The Kier molecular flexibility index (Phi) is 5.92. The quantitative estimate of drug-likeness (QED) is 0.742. The smallest absolute Gasteiger partial charge is 0.413 e. The van der Waals surface area contributed by atoms with Gasteiger partial charge in [0.1, 0.15) is 16.7 Å². The average Bonchev–Trinajstić information content (AvgIpc) is 2.60. The summed E-state index contributed by atoms with van der Waals surface area (Å²) in [6.07, 6.45) is -0.439. The SMILES string of the molecule is CCOC(=O)CS[C@H]1COC(C)(C)N1C(=O)OC(C)(C)C. The van der Waals surface area contributed by atoms with Crippen molar-refractivity contribution in [1.82, 2.24) is 4.90 Å². The van der Waals surface area contributed by atoms with Crippen LogP contribution in [0.1, 0.15) is 41.5 Å². The minimum absolute atomic E-state index is 0.178. The molecule has 1 aliphatic heterocycles. The lowest BCUT2D eigenvalue weighted by atomic mass is 10.2. The molecule has 122 valence electrons. The number of nitrogens with zero attached hydrogens (tertiary/aromatic N) is 1. The molecule has 1 heterocycles. The van der Waals surface area contributed by atoms with Crippen LogP contribution in [0.2, 0.25) is 0 Å². The lowest BCUT2D eigenvalue weighted by Crippen LogP contribution is -2.49. The Labute approximate surface area is 130 Å². The molecule has 1 saturated heterocycles. The van der Waals surface area contributed by atoms with Crippen LogP contribution in [0.3, 0.4) is 0 Å². The van der Waals surface area contributed by atoms with Crippen LogP contribution in [-0.2, 0) is 19.0 Å². The maximum absolute atomic E-state index is 12.4. The van der Waals surface area contributed by atoms with Crippen molar-refractivity contribution in [2.24, 2.45) is 0 Å². The fourth-order valence-corrected chi connectivity index (χ4v) is 2.97. The summed E-state index contributed by atoms with van der Waals surface area (Å²) in [4.78, 5) is 25.3. The first kappa shape index (κ1) is 18.1. The van der Waals surface area contributed by atoms with Gasteiger partial charge in [0.15, 0.2) is 0 Å². The first-order chi connectivity index (χ1) is 9.57. The summed E-state index contributed by atoms with van der Waals surface area (Å²) in [5.74, 6) is -0.117. The largest absolute Gasteiger partial charge is 0.465 e. The van der Waals surface area contributed by atoms with Crippen molar-refractivity contribution < 1.29 is 23.8 Å². The molecule has 6 nitrogen and oxygen atoms in total. The van der Waals surface area contributed by atoms with Gasteiger partial charge in [-0.2, -0.15) is 0 Å². The molecule has 7 heteroatoms. The molecule has 1 atom stereocenters. The van der Waals surface area contributed by atoms with Crippen molar-refractivity contribution in [3.05, 3.63) is 0 Å². The lowest BCUT2D eigenvalue weighted by molar-refractivity contribution is -0.139. The van der Waals surface area contributed by atoms with Crippen molar-refractivity contribution in [2.45, 2.75) is 58.2 Å². The lowest BCUT2D eigenvalue weighted by Gasteiger charge is -2.34. The van der Waals surface area contributed by atoms with Crippen molar-refractivity contribution in [1.29, 1.82) is 0 Å². The zero-order valence-corrected chi connectivity index (χ0v) is 14.4. The molecule has 0 aliphatic carbocycles. The number of hydrogen-bond acceptors (Lipinski definition) is 6. The third kappa shape index (κ3) is 5.39. The van der Waals surface area contributed by atoms with E-state index < -0.39 is 17.4 Å². The first-order valence-electron chi connectivity index (χ1n) is 7.00. The fraction of sp³-hybridized carbons (Fsp3) is 0.857. The predicted molar refractivity (Wildman–Crippen MR) is 81.0 cm³/mol. The van der Waals surface area contributed by atoms with E-state index >= 15 is 0 Å². The van der Waals surface area contributed by atoms with E-state index in [9.17, 15) is 9.59 Å². The molecule has 0 aromatic carbocycles. The molecule has 1 aliphatic rings. The zero-order chi connectivity index (χ0) is 16.3. The number of thioether (sulfide) groups is 1. The molecule has 0 aromatic rings. The van der Waals surface area contributed by atoms with Gasteiger partial charge in [-0.15, -0.1) is 11.8 Å². The van der Waals surface area contributed by atoms with E-state index in [1.807, 2.05) is 34.6 Å². The first-order valence-corrected chi connectivity index (χ1v) is 8.05. The van der Waals surface area contributed by atoms with Crippen LogP contribution >= 0.6 is 11.8 Å². The Balaban J connectivity index is 2.70. The Morgan fingerprint density at radius 1 is 1.38 bits per heavy atom. The molecule has 1 rings (SSSR count). The van der Waals surface area contributed by atoms with E-state index in [-0.39, 0.29) is 17.1 Å². The van der Waals surface area contributed by atoms with Crippen LogP contribution < -0.4 is 0 Å². The number of amides is 1. The van der Waals surface area contributed by atoms with E-state index in [0.29, 0.717) is 13.2 Å². The predicted octanol–water partition coefficient (Wildman–Crippen LogP) is 2.61. The highest BCUT2D eigenvalue weighted by Gasteiger charge is 2.46. The second kappa shape index (κ2) is 6.87. The van der Waals surface area contributed by atoms with Gasteiger partial charge in [0.05, 0.1) is 19.0 Å². The van der Waals surface area contributed by atoms with Crippen molar-refractivity contribution in [2.75, 3.05) is 19.0 Å². The third-order valence-corrected chi connectivity index (χ3v) is 3.87. The van der Waals surface area contributed by atoms with Crippen LogP contribution in [0.25, 0.3) is 0 Å². The van der Waals surface area contributed by atoms with Gasteiger partial charge in [-0.3, -0.25) is 9.69 Å². The van der Waals surface area contributed by atoms with Crippen LogP contribution in [-0.4, -0.2) is 52.6 Å². The van der Waals surface area contributed by atoms with Crippen molar-refractivity contribution in [3.63, 3.8) is 0 Å². The standard InChI is InChI=1S/C14H25NO5S/c1-7-18-11(16)9-21-10-8-19-14(5,6)15(10)12(17)20-13(2,3)4/h10H,7-9H2,1-6H3/t10-/m0/s1. The molecule has 21 heavy (non-hydrogen) atoms. The van der Waals surface area contributed by atoms with Gasteiger partial charge < -0.3 is 14.2 Å². The third-order valence-electron chi connectivity index (χ3n) is 2.74. The normalized spacial score (nSPS) is 21.2. The second-order valence-electron chi connectivity index (χ2n) is 6.18. The highest BCUT2D eigenvalue weighted by Crippen LogP contribution is 2.34. The van der Waals surface area contributed by atoms with Crippen LogP contribution in [0, 0.1) is 0 Å². The summed E-state index contributed by atoms with van der Waals surface area (Å²) in [6.45, 7) is 11.5. The van der Waals surface area contributed by atoms with Gasteiger partial charge in [0.25, 0.3) is 0 Å². The maximum Gasteiger partial charge on any atom is 0.413 e. The number of carbonyl (C=O) groups is 2.